The highest BCUT2D eigenvalue weighted by atomic mass is 28.3. The van der Waals surface area contributed by atoms with E-state index >= 15 is 0 Å². The number of allylic oxidation sites excluding steroid dienone is 4. The van der Waals surface area contributed by atoms with E-state index < -0.39 is 16.1 Å². The first-order valence-electron chi connectivity index (χ1n) is 23.4. The molecular weight excluding hydrogens is 809 g/mol. The quantitative estimate of drug-likeness (QED) is 0.115. The Hall–Kier alpha value is -6.03. The van der Waals surface area contributed by atoms with Gasteiger partial charge in [-0.05, 0) is 93.9 Å². The average Bonchev–Trinajstić information content (AvgIpc) is 4.11. The van der Waals surface area contributed by atoms with Crippen LogP contribution in [0.3, 0.4) is 0 Å². The van der Waals surface area contributed by atoms with Crippen LogP contribution in [0, 0.1) is 46.6 Å². The van der Waals surface area contributed by atoms with Crippen LogP contribution in [0.25, 0.3) is 22.3 Å². The maximum absolute atomic E-state index is 4.06. The maximum atomic E-state index is 4.06. The number of nitrogens with one attached hydrogen (secondary N) is 4. The number of hydrogen-bond acceptors (Lipinski definition) is 2. The molecule has 7 rings (SSSR count). The third-order valence-electron chi connectivity index (χ3n) is 14.0. The zero-order chi connectivity index (χ0) is 45.8. The van der Waals surface area contributed by atoms with E-state index in [1.165, 1.54) is 0 Å². The third-order valence-corrected chi connectivity index (χ3v) is 26.5. The Balaban J connectivity index is 1.54. The molecule has 8 bridgehead atoms. The Bertz CT molecular complexity index is 2840. The lowest BCUT2D eigenvalue weighted by molar-refractivity contribution is 0.838. The van der Waals surface area contributed by atoms with Gasteiger partial charge in [-0.1, -0.05) is 167 Å². The molecule has 3 aliphatic heterocycles. The number of H-pyrrole nitrogens is 2. The molecule has 0 saturated heterocycles. The first-order valence-corrected chi connectivity index (χ1v) is 27.8. The lowest BCUT2D eigenvalue weighted by atomic mass is 10.1. The van der Waals surface area contributed by atoms with E-state index in [1.54, 1.807) is 0 Å². The van der Waals surface area contributed by atoms with Crippen molar-refractivity contribution >= 4 is 38.4 Å². The van der Waals surface area contributed by atoms with Gasteiger partial charge in [0, 0.05) is 11.1 Å². The van der Waals surface area contributed by atoms with Crippen molar-refractivity contribution in [2.45, 2.75) is 128 Å². The van der Waals surface area contributed by atoms with Gasteiger partial charge in [0.05, 0.1) is 67.9 Å². The molecule has 5 heterocycles. The van der Waals surface area contributed by atoms with E-state index in [1.807, 2.05) is 36.4 Å². The Kier molecular flexibility index (Phi) is 13.9. The highest BCUT2D eigenvalue weighted by molar-refractivity contribution is 6.91. The van der Waals surface area contributed by atoms with Crippen molar-refractivity contribution in [3.63, 3.8) is 0 Å². The minimum atomic E-state index is -2.09. The molecule has 0 saturated carbocycles. The van der Waals surface area contributed by atoms with E-state index in [-0.39, 0.29) is 12.1 Å². The minimum Gasteiger partial charge on any atom is -0.373 e. The van der Waals surface area contributed by atoms with E-state index in [0.717, 1.165) is 66.9 Å². The molecule has 0 aliphatic carbocycles. The fraction of sp³-hybridized carbons (Fsp3) is 0.345. The maximum Gasteiger partial charge on any atom is 0.146 e. The smallest absolute Gasteiger partial charge is 0.146 e. The van der Waals surface area contributed by atoms with E-state index in [4.69, 9.17) is 0 Å². The van der Waals surface area contributed by atoms with Gasteiger partial charge in [-0.15, -0.1) is 11.1 Å². The summed E-state index contributed by atoms with van der Waals surface area (Å²) in [5, 5.41) is 9.78. The number of aromatic amines is 2. The Morgan fingerprint density at radius 2 is 0.797 bits per heavy atom. The van der Waals surface area contributed by atoms with Gasteiger partial charge < -0.3 is 20.6 Å². The molecule has 4 N–H and O–H groups in total. The van der Waals surface area contributed by atoms with Crippen LogP contribution in [0.2, 0.25) is 33.2 Å². The molecule has 326 valence electrons. The molecule has 64 heavy (non-hydrogen) atoms. The summed E-state index contributed by atoms with van der Waals surface area (Å²) < 4.78 is 0. The molecule has 3 aliphatic rings. The van der Waals surface area contributed by atoms with Crippen LogP contribution in [-0.2, 0) is 0 Å². The zero-order valence-corrected chi connectivity index (χ0v) is 42.0. The van der Waals surface area contributed by atoms with Crippen LogP contribution in [0.15, 0.2) is 121 Å². The first kappa shape index (κ1) is 46.0. The van der Waals surface area contributed by atoms with Crippen molar-refractivity contribution in [2.75, 3.05) is 0 Å². The second-order valence-corrected chi connectivity index (χ2v) is 30.6. The Labute approximate surface area is 386 Å². The molecule has 2 aromatic heterocycles. The third kappa shape index (κ3) is 9.15. The summed E-state index contributed by atoms with van der Waals surface area (Å²) in [4.78, 5) is 7.72. The lowest BCUT2D eigenvalue weighted by Gasteiger charge is -2.38. The van der Waals surface area contributed by atoms with Crippen molar-refractivity contribution in [1.82, 2.24) is 20.6 Å². The second-order valence-electron chi connectivity index (χ2n) is 19.5. The van der Waals surface area contributed by atoms with Crippen LogP contribution < -0.4 is 21.3 Å². The van der Waals surface area contributed by atoms with Crippen LogP contribution in [0.5, 0.6) is 0 Å². The highest BCUT2D eigenvalue weighted by Crippen LogP contribution is 2.42. The number of benzene rings is 2. The minimum absolute atomic E-state index is 0.180. The average molecular weight is 875 g/mol. The van der Waals surface area contributed by atoms with Crippen molar-refractivity contribution in [3.8, 4) is 46.6 Å². The zero-order valence-electron chi connectivity index (χ0n) is 40.0. The normalized spacial score (nSPS) is 17.0. The number of rotatable bonds is 6. The van der Waals surface area contributed by atoms with Crippen LogP contribution in [0.4, 0.5) is 0 Å². The molecule has 6 heteroatoms. The summed E-state index contributed by atoms with van der Waals surface area (Å²) in [6.45, 7) is 28.5. The first-order chi connectivity index (χ1) is 30.6. The van der Waals surface area contributed by atoms with E-state index in [9.17, 15) is 0 Å². The highest BCUT2D eigenvalue weighted by Gasteiger charge is 2.43. The standard InChI is InChI=1S/C58H66N4Si2/c1-39(2)63(40(3)4,41(5)6)37-35-49-55-31-27-51(59-55)47(25-23-45-19-15-13-16-20-45)53-29-33-57(61-53)50(36-38-64(42(7)8,43(9)10)44(11)12)58-34-30-54(62-58)48(52-28-32-56(49)60-52)26-24-46-21-17-14-18-22-46/h13-22,27-34,39-44,51,58-62H,1-12H3. The number of hydrogen-bond donors (Lipinski definition) is 4. The van der Waals surface area contributed by atoms with Gasteiger partial charge in [-0.25, -0.2) is 0 Å². The SMILES string of the molecule is CC(C)[Si](C#CC1=C2C=CC(N2)C(C#Cc2ccccc2)=c2ccc([nH]2)=C(C#C[Si](C(C)C)(C(C)C)C(C)C)C2C=CC(=C(C#Cc3ccccc3)c3ccc1[nH]3)N2)(C(C)C)C(C)C. The molecule has 4 nitrogen and oxygen atoms in total. The van der Waals surface area contributed by atoms with Crippen molar-refractivity contribution < 1.29 is 0 Å². The molecular formula is C58H66N4Si2. The van der Waals surface area contributed by atoms with Crippen LogP contribution >= 0.6 is 0 Å². The summed E-state index contributed by atoms with van der Waals surface area (Å²) in [5.74, 6) is 22.0. The predicted molar refractivity (Wildman–Crippen MR) is 278 cm³/mol. The summed E-state index contributed by atoms with van der Waals surface area (Å²) >= 11 is 0. The molecule has 0 spiro atoms. The Morgan fingerprint density at radius 1 is 0.406 bits per heavy atom. The number of fused-ring (bicyclic) bond motifs is 8. The van der Waals surface area contributed by atoms with Gasteiger partial charge in [0.25, 0.3) is 0 Å². The lowest BCUT2D eigenvalue weighted by Crippen LogP contribution is -2.43. The topological polar surface area (TPSA) is 55.6 Å². The van der Waals surface area contributed by atoms with E-state index in [0.29, 0.717) is 33.2 Å². The summed E-state index contributed by atoms with van der Waals surface area (Å²) in [6.07, 6.45) is 8.86. The van der Waals surface area contributed by atoms with Gasteiger partial charge >= 0.3 is 0 Å². The molecule has 2 aromatic carbocycles. The van der Waals surface area contributed by atoms with Gasteiger partial charge in [0.2, 0.25) is 0 Å². The van der Waals surface area contributed by atoms with Gasteiger partial charge in [-0.3, -0.25) is 0 Å². The summed E-state index contributed by atoms with van der Waals surface area (Å²) in [5.41, 5.74) is 20.6. The second kappa shape index (κ2) is 19.4. The summed E-state index contributed by atoms with van der Waals surface area (Å²) in [7, 11) is -4.18. The monoisotopic (exact) mass is 874 g/mol. The van der Waals surface area contributed by atoms with Gasteiger partial charge in [-0.2, -0.15) is 0 Å². The van der Waals surface area contributed by atoms with Crippen molar-refractivity contribution in [1.29, 1.82) is 0 Å². The molecule has 2 atom stereocenters. The molecule has 0 amide bonds. The largest absolute Gasteiger partial charge is 0.373 e. The predicted octanol–water partition coefficient (Wildman–Crippen LogP) is 11.4. The molecule has 2 unspecified atom stereocenters. The fourth-order valence-corrected chi connectivity index (χ4v) is 21.1. The molecule has 0 radical (unpaired) electrons. The van der Waals surface area contributed by atoms with Gasteiger partial charge in [0.15, 0.2) is 0 Å². The van der Waals surface area contributed by atoms with Crippen LogP contribution in [-0.4, -0.2) is 38.2 Å². The van der Waals surface area contributed by atoms with E-state index in [2.05, 4.69) is 223 Å². The molecule has 0 fully saturated rings. The van der Waals surface area contributed by atoms with Crippen molar-refractivity contribution in [3.05, 3.63) is 154 Å². The summed E-state index contributed by atoms with van der Waals surface area (Å²) in [6, 6.07) is 28.8. The van der Waals surface area contributed by atoms with Gasteiger partial charge in [0.1, 0.15) is 16.1 Å². The molecule has 4 aromatic rings. The Morgan fingerprint density at radius 3 is 1.23 bits per heavy atom. The fourth-order valence-electron chi connectivity index (χ4n) is 10.7. The van der Waals surface area contributed by atoms with Crippen molar-refractivity contribution in [2.24, 2.45) is 0 Å². The number of aromatic nitrogens is 2. The van der Waals surface area contributed by atoms with Crippen LogP contribution in [0.1, 0.15) is 106 Å².